The Morgan fingerprint density at radius 3 is 2.65 bits per heavy atom. The van der Waals surface area contributed by atoms with E-state index in [1.807, 2.05) is 11.8 Å². The summed E-state index contributed by atoms with van der Waals surface area (Å²) < 4.78 is 10.2. The van der Waals surface area contributed by atoms with E-state index in [1.54, 1.807) is 7.11 Å². The van der Waals surface area contributed by atoms with Crippen LogP contribution in [0.5, 0.6) is 0 Å². The van der Waals surface area contributed by atoms with Gasteiger partial charge in [0, 0.05) is 26.7 Å². The minimum Gasteiger partial charge on any atom is -0.382 e. The van der Waals surface area contributed by atoms with Crippen molar-refractivity contribution >= 4 is 5.91 Å². The van der Waals surface area contributed by atoms with Crippen molar-refractivity contribution < 1.29 is 14.3 Å². The molecule has 1 N–H and O–H groups in total. The molecule has 0 aromatic rings. The van der Waals surface area contributed by atoms with E-state index in [1.165, 1.54) is 0 Å². The fourth-order valence-electron chi connectivity index (χ4n) is 1.89. The van der Waals surface area contributed by atoms with Crippen LogP contribution in [0.2, 0.25) is 0 Å². The molecule has 0 aromatic carbocycles. The molecule has 0 aromatic heterocycles. The third kappa shape index (κ3) is 5.48. The van der Waals surface area contributed by atoms with Gasteiger partial charge in [-0.1, -0.05) is 0 Å². The normalized spacial score (nSPS) is 17.4. The van der Waals surface area contributed by atoms with Crippen LogP contribution in [0.15, 0.2) is 0 Å². The van der Waals surface area contributed by atoms with Crippen LogP contribution in [0, 0.1) is 0 Å². The van der Waals surface area contributed by atoms with E-state index >= 15 is 0 Å². The average molecular weight is 244 g/mol. The van der Waals surface area contributed by atoms with Crippen LogP contribution in [-0.2, 0) is 14.3 Å². The Kier molecular flexibility index (Phi) is 7.16. The topological polar surface area (TPSA) is 50.8 Å². The molecular weight excluding hydrogens is 220 g/mol. The van der Waals surface area contributed by atoms with Crippen LogP contribution in [0.25, 0.3) is 0 Å². The van der Waals surface area contributed by atoms with E-state index in [0.717, 1.165) is 25.9 Å². The number of amides is 1. The summed E-state index contributed by atoms with van der Waals surface area (Å²) in [7, 11) is 1.65. The zero-order valence-corrected chi connectivity index (χ0v) is 10.9. The van der Waals surface area contributed by atoms with Gasteiger partial charge in [0.1, 0.15) is 0 Å². The van der Waals surface area contributed by atoms with Crippen molar-refractivity contribution in [2.45, 2.75) is 25.8 Å². The number of likely N-dealkylation sites (tertiary alicyclic amines) is 1. The van der Waals surface area contributed by atoms with Crippen LogP contribution < -0.4 is 5.32 Å². The standard InChI is InChI=1S/C12H24N2O3/c1-11(12(15)14-6-3-4-7-14)13-5-8-17-10-9-16-2/h11,13H,3-10H2,1-2H3. The number of carbonyl (C=O) groups excluding carboxylic acids is 1. The van der Waals surface area contributed by atoms with Gasteiger partial charge in [-0.15, -0.1) is 0 Å². The number of nitrogens with zero attached hydrogens (tertiary/aromatic N) is 1. The Bertz CT molecular complexity index is 218. The van der Waals surface area contributed by atoms with Crippen LogP contribution in [0.1, 0.15) is 19.8 Å². The van der Waals surface area contributed by atoms with E-state index in [-0.39, 0.29) is 11.9 Å². The van der Waals surface area contributed by atoms with Gasteiger partial charge in [-0.3, -0.25) is 4.79 Å². The summed E-state index contributed by atoms with van der Waals surface area (Å²) in [5.41, 5.74) is 0. The quantitative estimate of drug-likeness (QED) is 0.622. The molecule has 5 nitrogen and oxygen atoms in total. The van der Waals surface area contributed by atoms with Gasteiger partial charge in [0.2, 0.25) is 5.91 Å². The highest BCUT2D eigenvalue weighted by atomic mass is 16.5. The summed E-state index contributed by atoms with van der Waals surface area (Å²) in [4.78, 5) is 13.8. The maximum atomic E-state index is 11.9. The molecule has 1 atom stereocenters. The lowest BCUT2D eigenvalue weighted by Gasteiger charge is -2.21. The van der Waals surface area contributed by atoms with Crippen molar-refractivity contribution in [3.05, 3.63) is 0 Å². The first-order chi connectivity index (χ1) is 8.25. The molecule has 0 saturated carbocycles. The van der Waals surface area contributed by atoms with Crippen molar-refractivity contribution in [1.29, 1.82) is 0 Å². The minimum atomic E-state index is -0.112. The smallest absolute Gasteiger partial charge is 0.239 e. The lowest BCUT2D eigenvalue weighted by molar-refractivity contribution is -0.132. The second-order valence-electron chi connectivity index (χ2n) is 4.31. The van der Waals surface area contributed by atoms with Gasteiger partial charge < -0.3 is 19.7 Å². The first-order valence-electron chi connectivity index (χ1n) is 6.34. The third-order valence-corrected chi connectivity index (χ3v) is 2.92. The Morgan fingerprint density at radius 1 is 1.29 bits per heavy atom. The average Bonchev–Trinajstić information content (AvgIpc) is 2.86. The molecule has 1 unspecified atom stereocenters. The highest BCUT2D eigenvalue weighted by molar-refractivity contribution is 5.81. The van der Waals surface area contributed by atoms with Crippen molar-refractivity contribution in [3.8, 4) is 0 Å². The molecular formula is C12H24N2O3. The molecule has 1 heterocycles. The summed E-state index contributed by atoms with van der Waals surface area (Å²) in [6, 6.07) is -0.112. The maximum absolute atomic E-state index is 11.9. The number of methoxy groups -OCH3 is 1. The van der Waals surface area contributed by atoms with Gasteiger partial charge in [-0.05, 0) is 19.8 Å². The van der Waals surface area contributed by atoms with E-state index < -0.39 is 0 Å². The Hall–Kier alpha value is -0.650. The number of hydrogen-bond donors (Lipinski definition) is 1. The largest absolute Gasteiger partial charge is 0.382 e. The summed E-state index contributed by atoms with van der Waals surface area (Å²) in [6.45, 7) is 6.26. The summed E-state index contributed by atoms with van der Waals surface area (Å²) in [5, 5.41) is 3.18. The fraction of sp³-hybridized carbons (Fsp3) is 0.917. The molecule has 5 heteroatoms. The molecule has 1 aliphatic heterocycles. The SMILES string of the molecule is COCCOCCNC(C)C(=O)N1CCCC1. The second kappa shape index (κ2) is 8.44. The third-order valence-electron chi connectivity index (χ3n) is 2.92. The number of nitrogens with one attached hydrogen (secondary N) is 1. The Morgan fingerprint density at radius 2 is 2.00 bits per heavy atom. The first-order valence-corrected chi connectivity index (χ1v) is 6.34. The molecule has 1 saturated heterocycles. The predicted molar refractivity (Wildman–Crippen MR) is 66.0 cm³/mol. The number of ether oxygens (including phenoxy) is 2. The van der Waals surface area contributed by atoms with Crippen LogP contribution in [0.4, 0.5) is 0 Å². The zero-order valence-electron chi connectivity index (χ0n) is 10.9. The summed E-state index contributed by atoms with van der Waals surface area (Å²) >= 11 is 0. The molecule has 100 valence electrons. The molecule has 1 rings (SSSR count). The van der Waals surface area contributed by atoms with Gasteiger partial charge in [0.25, 0.3) is 0 Å². The monoisotopic (exact) mass is 244 g/mol. The number of hydrogen-bond acceptors (Lipinski definition) is 4. The minimum absolute atomic E-state index is 0.112. The molecule has 0 spiro atoms. The van der Waals surface area contributed by atoms with Crippen molar-refractivity contribution in [2.24, 2.45) is 0 Å². The molecule has 0 aliphatic carbocycles. The van der Waals surface area contributed by atoms with E-state index in [2.05, 4.69) is 5.32 Å². The molecule has 0 radical (unpaired) electrons. The molecule has 17 heavy (non-hydrogen) atoms. The highest BCUT2D eigenvalue weighted by Gasteiger charge is 2.22. The lowest BCUT2D eigenvalue weighted by atomic mass is 10.3. The number of rotatable bonds is 8. The molecule has 0 bridgehead atoms. The predicted octanol–water partition coefficient (Wildman–Crippen LogP) is 0.250. The summed E-state index contributed by atoms with van der Waals surface area (Å²) in [5.74, 6) is 0.208. The van der Waals surface area contributed by atoms with Crippen molar-refractivity contribution in [3.63, 3.8) is 0 Å². The highest BCUT2D eigenvalue weighted by Crippen LogP contribution is 2.08. The van der Waals surface area contributed by atoms with Crippen LogP contribution >= 0.6 is 0 Å². The lowest BCUT2D eigenvalue weighted by Crippen LogP contribution is -2.44. The van der Waals surface area contributed by atoms with Crippen molar-refractivity contribution in [2.75, 3.05) is 46.6 Å². The van der Waals surface area contributed by atoms with E-state index in [4.69, 9.17) is 9.47 Å². The second-order valence-corrected chi connectivity index (χ2v) is 4.31. The van der Waals surface area contributed by atoms with Gasteiger partial charge in [-0.2, -0.15) is 0 Å². The summed E-state index contributed by atoms with van der Waals surface area (Å²) in [6.07, 6.45) is 2.27. The molecule has 1 amide bonds. The van der Waals surface area contributed by atoms with Gasteiger partial charge in [-0.25, -0.2) is 0 Å². The first kappa shape index (κ1) is 14.4. The maximum Gasteiger partial charge on any atom is 0.239 e. The van der Waals surface area contributed by atoms with Crippen LogP contribution in [-0.4, -0.2) is 63.4 Å². The van der Waals surface area contributed by atoms with Gasteiger partial charge >= 0.3 is 0 Å². The molecule has 1 aliphatic rings. The number of carbonyl (C=O) groups is 1. The Labute approximate surface area is 103 Å². The Balaban J connectivity index is 2.03. The van der Waals surface area contributed by atoms with Crippen molar-refractivity contribution in [1.82, 2.24) is 10.2 Å². The van der Waals surface area contributed by atoms with Gasteiger partial charge in [0.15, 0.2) is 0 Å². The van der Waals surface area contributed by atoms with E-state index in [0.29, 0.717) is 26.4 Å². The molecule has 1 fully saturated rings. The van der Waals surface area contributed by atoms with Crippen LogP contribution in [0.3, 0.4) is 0 Å². The van der Waals surface area contributed by atoms with Gasteiger partial charge in [0.05, 0.1) is 25.9 Å². The zero-order chi connectivity index (χ0) is 12.5. The fourth-order valence-corrected chi connectivity index (χ4v) is 1.89. The van der Waals surface area contributed by atoms with E-state index in [9.17, 15) is 4.79 Å².